The first-order valence-corrected chi connectivity index (χ1v) is 5.30. The first-order valence-electron chi connectivity index (χ1n) is 5.30. The van der Waals surface area contributed by atoms with Gasteiger partial charge in [-0.05, 0) is 18.2 Å². The standard InChI is InChI=1S/C11H12FN3O3/c12-8-5-7(1-2-9(8)16)11-14-10(18-15-11)6-17-4-3-13/h1-2,5,16H,3-4,6,13H2. The van der Waals surface area contributed by atoms with E-state index in [9.17, 15) is 4.39 Å². The quantitative estimate of drug-likeness (QED) is 0.773. The molecule has 0 bridgehead atoms. The molecule has 0 aliphatic carbocycles. The molecule has 1 aromatic carbocycles. The monoisotopic (exact) mass is 253 g/mol. The van der Waals surface area contributed by atoms with E-state index in [-0.39, 0.29) is 18.3 Å². The van der Waals surface area contributed by atoms with E-state index in [1.807, 2.05) is 0 Å². The number of nitrogens with zero attached hydrogens (tertiary/aromatic N) is 2. The molecule has 0 saturated carbocycles. The Balaban J connectivity index is 2.11. The van der Waals surface area contributed by atoms with E-state index in [4.69, 9.17) is 20.1 Å². The highest BCUT2D eigenvalue weighted by Crippen LogP contribution is 2.22. The van der Waals surface area contributed by atoms with Gasteiger partial charge in [-0.15, -0.1) is 0 Å². The smallest absolute Gasteiger partial charge is 0.252 e. The second-order valence-electron chi connectivity index (χ2n) is 3.52. The van der Waals surface area contributed by atoms with Gasteiger partial charge < -0.3 is 20.1 Å². The van der Waals surface area contributed by atoms with E-state index in [1.54, 1.807) is 0 Å². The predicted octanol–water partition coefficient (Wildman–Crippen LogP) is 1.06. The number of hydrogen-bond acceptors (Lipinski definition) is 6. The summed E-state index contributed by atoms with van der Waals surface area (Å²) in [6, 6.07) is 3.85. The zero-order chi connectivity index (χ0) is 13.0. The molecule has 0 radical (unpaired) electrons. The summed E-state index contributed by atoms with van der Waals surface area (Å²) < 4.78 is 23.2. The van der Waals surface area contributed by atoms with Crippen LogP contribution < -0.4 is 5.73 Å². The molecule has 3 N–H and O–H groups in total. The maximum absolute atomic E-state index is 13.1. The zero-order valence-corrected chi connectivity index (χ0v) is 9.47. The number of ether oxygens (including phenoxy) is 1. The summed E-state index contributed by atoms with van der Waals surface area (Å²) >= 11 is 0. The molecule has 2 rings (SSSR count). The highest BCUT2D eigenvalue weighted by atomic mass is 19.1. The number of nitrogens with two attached hydrogens (primary N) is 1. The molecular formula is C11H12FN3O3. The Bertz CT molecular complexity index is 530. The van der Waals surface area contributed by atoms with Crippen molar-refractivity contribution < 1.29 is 18.8 Å². The second kappa shape index (κ2) is 5.56. The molecule has 0 saturated heterocycles. The van der Waals surface area contributed by atoms with E-state index in [0.29, 0.717) is 18.7 Å². The number of rotatable bonds is 5. The molecule has 1 heterocycles. The third-order valence-electron chi connectivity index (χ3n) is 2.16. The Labute approximate surface area is 102 Å². The van der Waals surface area contributed by atoms with E-state index in [2.05, 4.69) is 10.1 Å². The summed E-state index contributed by atoms with van der Waals surface area (Å²) in [4.78, 5) is 4.03. The van der Waals surface area contributed by atoms with E-state index in [1.165, 1.54) is 12.1 Å². The van der Waals surface area contributed by atoms with E-state index in [0.717, 1.165) is 6.07 Å². The second-order valence-corrected chi connectivity index (χ2v) is 3.52. The van der Waals surface area contributed by atoms with Crippen LogP contribution in [0, 0.1) is 5.82 Å². The molecule has 0 amide bonds. The molecule has 0 unspecified atom stereocenters. The maximum Gasteiger partial charge on any atom is 0.252 e. The first-order chi connectivity index (χ1) is 8.70. The van der Waals surface area contributed by atoms with Crippen LogP contribution in [-0.4, -0.2) is 28.4 Å². The summed E-state index contributed by atoms with van der Waals surface area (Å²) in [6.07, 6.45) is 0. The number of phenolic OH excluding ortho intramolecular Hbond substituents is 1. The number of hydrogen-bond donors (Lipinski definition) is 2. The summed E-state index contributed by atoms with van der Waals surface area (Å²) in [5.74, 6) is -0.640. The predicted molar refractivity (Wildman–Crippen MR) is 60.1 cm³/mol. The summed E-state index contributed by atoms with van der Waals surface area (Å²) in [5, 5.41) is 12.8. The Kier molecular flexibility index (Phi) is 3.85. The van der Waals surface area contributed by atoms with Crippen LogP contribution >= 0.6 is 0 Å². The molecule has 0 aliphatic heterocycles. The Morgan fingerprint density at radius 1 is 1.44 bits per heavy atom. The number of aromatic hydroxyl groups is 1. The van der Waals surface area contributed by atoms with Crippen molar-refractivity contribution in [1.29, 1.82) is 0 Å². The first kappa shape index (κ1) is 12.5. The van der Waals surface area contributed by atoms with Crippen molar-refractivity contribution in [2.24, 2.45) is 5.73 Å². The van der Waals surface area contributed by atoms with Crippen LogP contribution in [0.5, 0.6) is 5.75 Å². The van der Waals surface area contributed by atoms with Crippen LogP contribution in [-0.2, 0) is 11.3 Å². The van der Waals surface area contributed by atoms with Crippen LogP contribution in [0.3, 0.4) is 0 Å². The summed E-state index contributed by atoms with van der Waals surface area (Å²) in [5.41, 5.74) is 5.68. The van der Waals surface area contributed by atoms with Gasteiger partial charge in [-0.3, -0.25) is 0 Å². The third kappa shape index (κ3) is 2.82. The maximum atomic E-state index is 13.1. The lowest BCUT2D eigenvalue weighted by Crippen LogP contribution is -2.08. The molecule has 6 nitrogen and oxygen atoms in total. The van der Waals surface area contributed by atoms with Gasteiger partial charge >= 0.3 is 0 Å². The molecule has 0 fully saturated rings. The summed E-state index contributed by atoms with van der Waals surface area (Å²) in [7, 11) is 0. The van der Waals surface area contributed by atoms with Crippen LogP contribution in [0.1, 0.15) is 5.89 Å². The highest BCUT2D eigenvalue weighted by Gasteiger charge is 2.10. The van der Waals surface area contributed by atoms with Gasteiger partial charge in [-0.2, -0.15) is 4.98 Å². The molecule has 7 heteroatoms. The van der Waals surface area contributed by atoms with Crippen molar-refractivity contribution in [2.75, 3.05) is 13.2 Å². The Morgan fingerprint density at radius 3 is 3.00 bits per heavy atom. The van der Waals surface area contributed by atoms with Crippen molar-refractivity contribution >= 4 is 0 Å². The minimum Gasteiger partial charge on any atom is -0.505 e. The van der Waals surface area contributed by atoms with Crippen LogP contribution in [0.2, 0.25) is 0 Å². The molecular weight excluding hydrogens is 241 g/mol. The normalized spacial score (nSPS) is 10.8. The Morgan fingerprint density at radius 2 is 2.28 bits per heavy atom. The number of benzene rings is 1. The van der Waals surface area contributed by atoms with Gasteiger partial charge in [0.25, 0.3) is 5.89 Å². The number of aromatic nitrogens is 2. The lowest BCUT2D eigenvalue weighted by Gasteiger charge is -1.97. The van der Waals surface area contributed by atoms with Crippen molar-refractivity contribution in [1.82, 2.24) is 10.1 Å². The van der Waals surface area contributed by atoms with E-state index < -0.39 is 11.6 Å². The van der Waals surface area contributed by atoms with Gasteiger partial charge in [0, 0.05) is 12.1 Å². The lowest BCUT2D eigenvalue weighted by atomic mass is 10.2. The Hall–Kier alpha value is -1.99. The average Bonchev–Trinajstić information content (AvgIpc) is 2.82. The van der Waals surface area contributed by atoms with Crippen LogP contribution in [0.15, 0.2) is 22.7 Å². The molecule has 0 atom stereocenters. The lowest BCUT2D eigenvalue weighted by molar-refractivity contribution is 0.104. The SMILES string of the molecule is NCCOCc1nc(-c2ccc(O)c(F)c2)no1. The minimum absolute atomic E-state index is 0.158. The van der Waals surface area contributed by atoms with E-state index >= 15 is 0 Å². The minimum atomic E-state index is -0.738. The zero-order valence-electron chi connectivity index (χ0n) is 9.47. The highest BCUT2D eigenvalue weighted by molar-refractivity contribution is 5.55. The molecule has 0 aliphatic rings. The number of phenols is 1. The van der Waals surface area contributed by atoms with Crippen molar-refractivity contribution in [3.8, 4) is 17.1 Å². The van der Waals surface area contributed by atoms with Gasteiger partial charge in [-0.1, -0.05) is 5.16 Å². The van der Waals surface area contributed by atoms with Gasteiger partial charge in [0.15, 0.2) is 11.6 Å². The molecule has 1 aromatic heterocycles. The fourth-order valence-electron chi connectivity index (χ4n) is 1.32. The van der Waals surface area contributed by atoms with Gasteiger partial charge in [-0.25, -0.2) is 4.39 Å². The fourth-order valence-corrected chi connectivity index (χ4v) is 1.32. The number of halogens is 1. The van der Waals surface area contributed by atoms with Gasteiger partial charge in [0.1, 0.15) is 6.61 Å². The topological polar surface area (TPSA) is 94.4 Å². The van der Waals surface area contributed by atoms with Crippen molar-refractivity contribution in [3.05, 3.63) is 29.9 Å². The third-order valence-corrected chi connectivity index (χ3v) is 2.16. The van der Waals surface area contributed by atoms with Crippen molar-refractivity contribution in [3.63, 3.8) is 0 Å². The van der Waals surface area contributed by atoms with Crippen LogP contribution in [0.25, 0.3) is 11.4 Å². The molecule has 0 spiro atoms. The average molecular weight is 253 g/mol. The van der Waals surface area contributed by atoms with Crippen LogP contribution in [0.4, 0.5) is 4.39 Å². The largest absolute Gasteiger partial charge is 0.505 e. The van der Waals surface area contributed by atoms with Gasteiger partial charge in [0.2, 0.25) is 5.82 Å². The molecule has 2 aromatic rings. The fraction of sp³-hybridized carbons (Fsp3) is 0.273. The summed E-state index contributed by atoms with van der Waals surface area (Å²) in [6.45, 7) is 0.959. The molecule has 18 heavy (non-hydrogen) atoms. The molecule has 96 valence electrons. The van der Waals surface area contributed by atoms with Gasteiger partial charge in [0.05, 0.1) is 6.61 Å². The van der Waals surface area contributed by atoms with Crippen molar-refractivity contribution in [2.45, 2.75) is 6.61 Å².